The number of benzene rings is 1. The molecule has 1 atom stereocenters. The first-order valence-corrected chi connectivity index (χ1v) is 5.53. The standard InChI is InChI=1S/C13H17N3/c1-3-10-4-6-11(7-5-10)13(14)12-8-15-16(2)9-12/h4-9,13H,3,14H2,1-2H3. The lowest BCUT2D eigenvalue weighted by molar-refractivity contribution is 0.765. The second-order valence-corrected chi connectivity index (χ2v) is 4.02. The van der Waals surface area contributed by atoms with Gasteiger partial charge in [0.05, 0.1) is 12.2 Å². The molecule has 0 aliphatic rings. The van der Waals surface area contributed by atoms with Crippen LogP contribution in [0.5, 0.6) is 0 Å². The van der Waals surface area contributed by atoms with E-state index in [9.17, 15) is 0 Å². The molecular weight excluding hydrogens is 198 g/mol. The largest absolute Gasteiger partial charge is 0.320 e. The Labute approximate surface area is 95.9 Å². The maximum atomic E-state index is 6.17. The van der Waals surface area contributed by atoms with Gasteiger partial charge in [0.15, 0.2) is 0 Å². The van der Waals surface area contributed by atoms with Crippen LogP contribution in [0.3, 0.4) is 0 Å². The average molecular weight is 215 g/mol. The van der Waals surface area contributed by atoms with E-state index >= 15 is 0 Å². The topological polar surface area (TPSA) is 43.8 Å². The zero-order valence-electron chi connectivity index (χ0n) is 9.72. The van der Waals surface area contributed by atoms with Crippen molar-refractivity contribution in [3.8, 4) is 0 Å². The van der Waals surface area contributed by atoms with Crippen LogP contribution in [0, 0.1) is 0 Å². The van der Waals surface area contributed by atoms with E-state index in [1.54, 1.807) is 4.68 Å². The molecule has 84 valence electrons. The summed E-state index contributed by atoms with van der Waals surface area (Å²) >= 11 is 0. The highest BCUT2D eigenvalue weighted by molar-refractivity contribution is 5.31. The number of aromatic nitrogens is 2. The number of nitrogens with two attached hydrogens (primary N) is 1. The van der Waals surface area contributed by atoms with E-state index in [0.29, 0.717) is 0 Å². The summed E-state index contributed by atoms with van der Waals surface area (Å²) in [6.07, 6.45) is 4.83. The Balaban J connectivity index is 2.23. The van der Waals surface area contributed by atoms with Crippen LogP contribution >= 0.6 is 0 Å². The molecule has 0 amide bonds. The van der Waals surface area contributed by atoms with E-state index in [1.807, 2.05) is 19.4 Å². The minimum absolute atomic E-state index is 0.0837. The molecule has 0 aliphatic heterocycles. The van der Waals surface area contributed by atoms with E-state index in [0.717, 1.165) is 17.5 Å². The van der Waals surface area contributed by atoms with Crippen LogP contribution in [0.15, 0.2) is 36.7 Å². The first-order valence-electron chi connectivity index (χ1n) is 5.53. The fourth-order valence-electron chi connectivity index (χ4n) is 1.75. The number of hydrogen-bond donors (Lipinski definition) is 1. The van der Waals surface area contributed by atoms with Gasteiger partial charge < -0.3 is 5.73 Å². The summed E-state index contributed by atoms with van der Waals surface area (Å²) in [6.45, 7) is 2.15. The molecule has 2 N–H and O–H groups in total. The molecule has 3 heteroatoms. The van der Waals surface area contributed by atoms with Crippen molar-refractivity contribution in [1.82, 2.24) is 9.78 Å². The molecule has 3 nitrogen and oxygen atoms in total. The van der Waals surface area contributed by atoms with Gasteiger partial charge in [-0.25, -0.2) is 0 Å². The van der Waals surface area contributed by atoms with Gasteiger partial charge in [0.2, 0.25) is 0 Å². The lowest BCUT2D eigenvalue weighted by Crippen LogP contribution is -2.11. The van der Waals surface area contributed by atoms with Crippen molar-refractivity contribution in [1.29, 1.82) is 0 Å². The monoisotopic (exact) mass is 215 g/mol. The van der Waals surface area contributed by atoms with Gasteiger partial charge in [-0.05, 0) is 17.5 Å². The van der Waals surface area contributed by atoms with Crippen molar-refractivity contribution in [3.05, 3.63) is 53.3 Å². The highest BCUT2D eigenvalue weighted by Crippen LogP contribution is 2.19. The van der Waals surface area contributed by atoms with Crippen LogP contribution in [0.2, 0.25) is 0 Å². The molecule has 1 heterocycles. The van der Waals surface area contributed by atoms with Crippen LogP contribution in [-0.4, -0.2) is 9.78 Å². The lowest BCUT2D eigenvalue weighted by Gasteiger charge is -2.10. The van der Waals surface area contributed by atoms with E-state index < -0.39 is 0 Å². The van der Waals surface area contributed by atoms with Crippen molar-refractivity contribution >= 4 is 0 Å². The number of rotatable bonds is 3. The Morgan fingerprint density at radius 1 is 1.25 bits per heavy atom. The maximum Gasteiger partial charge on any atom is 0.0582 e. The predicted molar refractivity (Wildman–Crippen MR) is 65.1 cm³/mol. The summed E-state index contributed by atoms with van der Waals surface area (Å²) in [5, 5.41) is 4.13. The highest BCUT2D eigenvalue weighted by Gasteiger charge is 2.10. The third kappa shape index (κ3) is 2.14. The quantitative estimate of drug-likeness (QED) is 0.851. The summed E-state index contributed by atoms with van der Waals surface area (Å²) in [4.78, 5) is 0. The van der Waals surface area contributed by atoms with Crippen LogP contribution in [0.4, 0.5) is 0 Å². The molecule has 1 aromatic carbocycles. The van der Waals surface area contributed by atoms with E-state index in [2.05, 4.69) is 36.3 Å². The van der Waals surface area contributed by atoms with Gasteiger partial charge in [-0.3, -0.25) is 4.68 Å². The normalized spacial score (nSPS) is 12.7. The molecule has 0 aliphatic carbocycles. The molecule has 2 aromatic rings. The van der Waals surface area contributed by atoms with Crippen molar-refractivity contribution < 1.29 is 0 Å². The Hall–Kier alpha value is -1.61. The van der Waals surface area contributed by atoms with Crippen LogP contribution in [0.25, 0.3) is 0 Å². The predicted octanol–water partition coefficient (Wildman–Crippen LogP) is 2.03. The first-order chi connectivity index (χ1) is 7.70. The number of hydrogen-bond acceptors (Lipinski definition) is 2. The third-order valence-corrected chi connectivity index (χ3v) is 2.83. The van der Waals surface area contributed by atoms with E-state index in [4.69, 9.17) is 5.73 Å². The molecule has 0 saturated carbocycles. The SMILES string of the molecule is CCc1ccc(C(N)c2cnn(C)c2)cc1. The smallest absolute Gasteiger partial charge is 0.0582 e. The highest BCUT2D eigenvalue weighted by atomic mass is 15.2. The third-order valence-electron chi connectivity index (χ3n) is 2.83. The van der Waals surface area contributed by atoms with Crippen molar-refractivity contribution in [2.24, 2.45) is 12.8 Å². The first kappa shape index (κ1) is 10.9. The van der Waals surface area contributed by atoms with Gasteiger partial charge in [0.25, 0.3) is 0 Å². The lowest BCUT2D eigenvalue weighted by atomic mass is 10.0. The minimum Gasteiger partial charge on any atom is -0.320 e. The summed E-state index contributed by atoms with van der Waals surface area (Å²) in [7, 11) is 1.90. The second-order valence-electron chi connectivity index (χ2n) is 4.02. The Morgan fingerprint density at radius 2 is 1.94 bits per heavy atom. The van der Waals surface area contributed by atoms with Gasteiger partial charge in [-0.1, -0.05) is 31.2 Å². The van der Waals surface area contributed by atoms with Gasteiger partial charge in [-0.15, -0.1) is 0 Å². The van der Waals surface area contributed by atoms with E-state index in [1.165, 1.54) is 5.56 Å². The van der Waals surface area contributed by atoms with Crippen molar-refractivity contribution in [2.75, 3.05) is 0 Å². The average Bonchev–Trinajstić information content (AvgIpc) is 2.75. The molecule has 0 fully saturated rings. The Morgan fingerprint density at radius 3 is 2.44 bits per heavy atom. The van der Waals surface area contributed by atoms with Crippen LogP contribution < -0.4 is 5.73 Å². The molecular formula is C13H17N3. The van der Waals surface area contributed by atoms with Gasteiger partial charge in [0, 0.05) is 18.8 Å². The summed E-state index contributed by atoms with van der Waals surface area (Å²) in [5.74, 6) is 0. The van der Waals surface area contributed by atoms with Crippen molar-refractivity contribution in [3.63, 3.8) is 0 Å². The van der Waals surface area contributed by atoms with Gasteiger partial charge in [0.1, 0.15) is 0 Å². The molecule has 0 saturated heterocycles. The Kier molecular flexibility index (Phi) is 3.06. The summed E-state index contributed by atoms with van der Waals surface area (Å²) < 4.78 is 1.77. The van der Waals surface area contributed by atoms with E-state index in [-0.39, 0.29) is 6.04 Å². The molecule has 2 rings (SSSR count). The summed E-state index contributed by atoms with van der Waals surface area (Å²) in [6, 6.07) is 8.36. The zero-order chi connectivity index (χ0) is 11.5. The maximum absolute atomic E-state index is 6.17. The van der Waals surface area contributed by atoms with Crippen LogP contribution in [0.1, 0.15) is 29.7 Å². The molecule has 0 radical (unpaired) electrons. The molecule has 0 spiro atoms. The fourth-order valence-corrected chi connectivity index (χ4v) is 1.75. The van der Waals surface area contributed by atoms with Gasteiger partial charge >= 0.3 is 0 Å². The Bertz CT molecular complexity index is 456. The second kappa shape index (κ2) is 4.49. The molecule has 16 heavy (non-hydrogen) atoms. The molecule has 1 aromatic heterocycles. The minimum atomic E-state index is -0.0837. The van der Waals surface area contributed by atoms with Crippen molar-refractivity contribution in [2.45, 2.75) is 19.4 Å². The number of nitrogens with zero attached hydrogens (tertiary/aromatic N) is 2. The van der Waals surface area contributed by atoms with Crippen LogP contribution in [-0.2, 0) is 13.5 Å². The number of aryl methyl sites for hydroxylation is 2. The zero-order valence-corrected chi connectivity index (χ0v) is 9.72. The fraction of sp³-hybridized carbons (Fsp3) is 0.308. The molecule has 1 unspecified atom stereocenters. The summed E-state index contributed by atoms with van der Waals surface area (Å²) in [5.41, 5.74) is 9.68. The molecule has 0 bridgehead atoms. The van der Waals surface area contributed by atoms with Gasteiger partial charge in [-0.2, -0.15) is 5.10 Å².